The Kier molecular flexibility index (Phi) is 7.83. The molecule has 0 aliphatic carbocycles. The molecule has 0 radical (unpaired) electrons. The number of hydrogen-bond acceptors (Lipinski definition) is 7. The summed E-state index contributed by atoms with van der Waals surface area (Å²) in [6, 6.07) is 14.2. The molecule has 0 saturated carbocycles. The third kappa shape index (κ3) is 4.75. The van der Waals surface area contributed by atoms with Crippen molar-refractivity contribution in [2.24, 2.45) is 0 Å². The van der Waals surface area contributed by atoms with E-state index in [1.165, 1.54) is 32.3 Å². The molecule has 1 heterocycles. The lowest BCUT2D eigenvalue weighted by atomic mass is 9.94. The molecule has 1 unspecified atom stereocenters. The van der Waals surface area contributed by atoms with Crippen LogP contribution in [0.5, 0.6) is 23.0 Å². The van der Waals surface area contributed by atoms with Gasteiger partial charge in [0.05, 0.1) is 44.6 Å². The standard InChI is InChI=1S/C29H28ClNO7/c1-6-38-19-11-12-21(30)20(15-19)26(32)24-25(17-13-22(35-3)28(37-5)23(14-17)36-4)31(29(34)27(24)33)18-9-7-16(2)8-10-18/h7-15,25,32H,6H2,1-5H3/b26-24+. The molecular weight excluding hydrogens is 510 g/mol. The van der Waals surface area contributed by atoms with Gasteiger partial charge in [-0.3, -0.25) is 14.5 Å². The van der Waals surface area contributed by atoms with E-state index in [4.69, 9.17) is 30.5 Å². The summed E-state index contributed by atoms with van der Waals surface area (Å²) < 4.78 is 22.1. The molecule has 4 rings (SSSR count). The van der Waals surface area contributed by atoms with E-state index in [1.54, 1.807) is 36.4 Å². The monoisotopic (exact) mass is 537 g/mol. The second-order valence-electron chi connectivity index (χ2n) is 8.54. The number of rotatable bonds is 8. The Morgan fingerprint density at radius 1 is 0.947 bits per heavy atom. The third-order valence-corrected chi connectivity index (χ3v) is 6.59. The molecule has 3 aromatic rings. The molecular formula is C29H28ClNO7. The maximum Gasteiger partial charge on any atom is 0.300 e. The Morgan fingerprint density at radius 3 is 2.13 bits per heavy atom. The lowest BCUT2D eigenvalue weighted by Gasteiger charge is -2.27. The number of ketones is 1. The first-order valence-corrected chi connectivity index (χ1v) is 12.2. The van der Waals surface area contributed by atoms with Gasteiger partial charge in [-0.15, -0.1) is 0 Å². The van der Waals surface area contributed by atoms with Crippen molar-refractivity contribution in [3.05, 3.63) is 81.9 Å². The number of ether oxygens (including phenoxy) is 4. The van der Waals surface area contributed by atoms with E-state index in [1.807, 2.05) is 26.0 Å². The molecule has 1 saturated heterocycles. The SMILES string of the molecule is CCOc1ccc(Cl)c(/C(O)=C2\C(=O)C(=O)N(c3ccc(C)cc3)C2c2cc(OC)c(OC)c(OC)c2)c1. The van der Waals surface area contributed by atoms with E-state index in [0.29, 0.717) is 40.9 Å². The molecule has 3 aromatic carbocycles. The molecule has 1 N–H and O–H groups in total. The number of anilines is 1. The van der Waals surface area contributed by atoms with Gasteiger partial charge in [-0.2, -0.15) is 0 Å². The second kappa shape index (κ2) is 11.1. The summed E-state index contributed by atoms with van der Waals surface area (Å²) in [4.78, 5) is 28.4. The summed E-state index contributed by atoms with van der Waals surface area (Å²) in [5, 5.41) is 11.7. The minimum atomic E-state index is -1.03. The van der Waals surface area contributed by atoms with Gasteiger partial charge in [0.15, 0.2) is 11.5 Å². The van der Waals surface area contributed by atoms with Crippen molar-refractivity contribution < 1.29 is 33.6 Å². The number of aliphatic hydroxyl groups excluding tert-OH is 1. The predicted molar refractivity (Wildman–Crippen MR) is 145 cm³/mol. The number of halogens is 1. The van der Waals surface area contributed by atoms with Gasteiger partial charge >= 0.3 is 0 Å². The summed E-state index contributed by atoms with van der Waals surface area (Å²) in [5.74, 6) is -0.635. The quantitative estimate of drug-likeness (QED) is 0.224. The van der Waals surface area contributed by atoms with Gasteiger partial charge in [0, 0.05) is 11.3 Å². The number of amides is 1. The van der Waals surface area contributed by atoms with E-state index in [0.717, 1.165) is 5.56 Å². The van der Waals surface area contributed by atoms with E-state index < -0.39 is 23.5 Å². The van der Waals surface area contributed by atoms with Crippen LogP contribution < -0.4 is 23.8 Å². The first-order valence-electron chi connectivity index (χ1n) is 11.9. The minimum Gasteiger partial charge on any atom is -0.507 e. The Morgan fingerprint density at radius 2 is 1.58 bits per heavy atom. The van der Waals surface area contributed by atoms with Crippen LogP contribution in [0.25, 0.3) is 5.76 Å². The summed E-state index contributed by atoms with van der Waals surface area (Å²) in [6.07, 6.45) is 0. The van der Waals surface area contributed by atoms with Crippen LogP contribution in [0.2, 0.25) is 5.02 Å². The van der Waals surface area contributed by atoms with Gasteiger partial charge in [0.25, 0.3) is 11.7 Å². The molecule has 1 aliphatic rings. The highest BCUT2D eigenvalue weighted by molar-refractivity contribution is 6.52. The highest BCUT2D eigenvalue weighted by atomic mass is 35.5. The Balaban J connectivity index is 2.02. The average molecular weight is 538 g/mol. The fourth-order valence-electron chi connectivity index (χ4n) is 4.47. The highest BCUT2D eigenvalue weighted by Gasteiger charge is 2.47. The topological polar surface area (TPSA) is 94.5 Å². The van der Waals surface area contributed by atoms with Crippen LogP contribution in [0.3, 0.4) is 0 Å². The number of methoxy groups -OCH3 is 3. The van der Waals surface area contributed by atoms with E-state index >= 15 is 0 Å². The van der Waals surface area contributed by atoms with E-state index in [-0.39, 0.29) is 16.2 Å². The number of aryl methyl sites for hydroxylation is 1. The van der Waals surface area contributed by atoms with Crippen molar-refractivity contribution in [1.82, 2.24) is 0 Å². The van der Waals surface area contributed by atoms with Crippen molar-refractivity contribution in [3.63, 3.8) is 0 Å². The normalized spacial score (nSPS) is 16.5. The van der Waals surface area contributed by atoms with Crippen LogP contribution in [0.1, 0.15) is 29.7 Å². The second-order valence-corrected chi connectivity index (χ2v) is 8.95. The molecule has 1 fully saturated rings. The smallest absolute Gasteiger partial charge is 0.300 e. The number of hydrogen-bond donors (Lipinski definition) is 1. The Bertz CT molecular complexity index is 1390. The zero-order valence-corrected chi connectivity index (χ0v) is 22.5. The lowest BCUT2D eigenvalue weighted by Crippen LogP contribution is -2.29. The zero-order chi connectivity index (χ0) is 27.6. The number of benzene rings is 3. The fourth-order valence-corrected chi connectivity index (χ4v) is 4.67. The van der Waals surface area contributed by atoms with E-state index in [9.17, 15) is 14.7 Å². The van der Waals surface area contributed by atoms with Crippen LogP contribution in [-0.4, -0.2) is 44.7 Å². The molecule has 0 bridgehead atoms. The van der Waals surface area contributed by atoms with Gasteiger partial charge in [-0.1, -0.05) is 29.3 Å². The third-order valence-electron chi connectivity index (χ3n) is 6.26. The molecule has 9 heteroatoms. The van der Waals surface area contributed by atoms with Gasteiger partial charge in [-0.05, 0) is 61.9 Å². The summed E-state index contributed by atoms with van der Waals surface area (Å²) >= 11 is 6.44. The lowest BCUT2D eigenvalue weighted by molar-refractivity contribution is -0.132. The molecule has 0 aromatic heterocycles. The van der Waals surface area contributed by atoms with Crippen molar-refractivity contribution in [1.29, 1.82) is 0 Å². The summed E-state index contributed by atoms with van der Waals surface area (Å²) in [5.41, 5.74) is 1.94. The first-order chi connectivity index (χ1) is 18.2. The predicted octanol–water partition coefficient (Wildman–Crippen LogP) is 5.70. The Labute approximate surface area is 225 Å². The molecule has 8 nitrogen and oxygen atoms in total. The Hall–Kier alpha value is -4.17. The first kappa shape index (κ1) is 26.9. The van der Waals surface area contributed by atoms with Crippen molar-refractivity contribution in [2.75, 3.05) is 32.8 Å². The number of aliphatic hydroxyl groups is 1. The number of carbonyl (C=O) groups is 2. The molecule has 1 aliphatic heterocycles. The van der Waals surface area contributed by atoms with Crippen LogP contribution in [0.4, 0.5) is 5.69 Å². The largest absolute Gasteiger partial charge is 0.507 e. The van der Waals surface area contributed by atoms with Gasteiger partial charge in [-0.25, -0.2) is 0 Å². The highest BCUT2D eigenvalue weighted by Crippen LogP contribution is 2.47. The summed E-state index contributed by atoms with van der Waals surface area (Å²) in [7, 11) is 4.42. The number of carbonyl (C=O) groups excluding carboxylic acids is 2. The average Bonchev–Trinajstić information content (AvgIpc) is 3.19. The van der Waals surface area contributed by atoms with Crippen LogP contribution in [0.15, 0.2) is 60.2 Å². The van der Waals surface area contributed by atoms with Gasteiger partial charge in [0.1, 0.15) is 11.5 Å². The van der Waals surface area contributed by atoms with Gasteiger partial charge < -0.3 is 24.1 Å². The molecule has 198 valence electrons. The molecule has 0 spiro atoms. The van der Waals surface area contributed by atoms with Crippen molar-refractivity contribution in [2.45, 2.75) is 19.9 Å². The maximum atomic E-state index is 13.5. The zero-order valence-electron chi connectivity index (χ0n) is 21.7. The van der Waals surface area contributed by atoms with Crippen molar-refractivity contribution in [3.8, 4) is 23.0 Å². The van der Waals surface area contributed by atoms with Gasteiger partial charge in [0.2, 0.25) is 5.75 Å². The molecule has 38 heavy (non-hydrogen) atoms. The fraction of sp³-hybridized carbons (Fsp3) is 0.241. The molecule has 1 atom stereocenters. The number of Topliss-reactive ketones (excluding diaryl/α,β-unsaturated/α-hetero) is 1. The maximum absolute atomic E-state index is 13.5. The summed E-state index contributed by atoms with van der Waals surface area (Å²) in [6.45, 7) is 4.14. The van der Waals surface area contributed by atoms with Crippen LogP contribution in [0, 0.1) is 6.92 Å². The van der Waals surface area contributed by atoms with Crippen LogP contribution in [-0.2, 0) is 9.59 Å². The van der Waals surface area contributed by atoms with Crippen molar-refractivity contribution >= 4 is 34.7 Å². The number of nitrogens with zero attached hydrogens (tertiary/aromatic N) is 1. The van der Waals surface area contributed by atoms with Crippen LogP contribution >= 0.6 is 11.6 Å². The minimum absolute atomic E-state index is 0.139. The molecule has 1 amide bonds. The van der Waals surface area contributed by atoms with E-state index in [2.05, 4.69) is 0 Å².